The van der Waals surface area contributed by atoms with Crippen molar-refractivity contribution in [3.8, 4) is 11.5 Å². The molecule has 0 unspecified atom stereocenters. The highest BCUT2D eigenvalue weighted by atomic mass is 16.5. The molecular formula is C13H12O4. The van der Waals surface area contributed by atoms with E-state index >= 15 is 0 Å². The van der Waals surface area contributed by atoms with Crippen molar-refractivity contribution in [1.82, 2.24) is 0 Å². The summed E-state index contributed by atoms with van der Waals surface area (Å²) in [5.41, 5.74) is -0.548. The Morgan fingerprint density at radius 2 is 2.24 bits per heavy atom. The maximum Gasteiger partial charge on any atom is 0.347 e. The fourth-order valence-corrected chi connectivity index (χ4v) is 1.64. The number of aryl methyl sites for hydroxylation is 1. The summed E-state index contributed by atoms with van der Waals surface area (Å²) >= 11 is 0. The molecule has 0 aliphatic carbocycles. The van der Waals surface area contributed by atoms with E-state index in [-0.39, 0.29) is 11.1 Å². The average molecular weight is 232 g/mol. The quantitative estimate of drug-likeness (QED) is 0.825. The molecule has 0 saturated heterocycles. The first-order chi connectivity index (χ1) is 8.11. The van der Waals surface area contributed by atoms with Gasteiger partial charge in [-0.2, -0.15) is 0 Å². The Bertz CT molecular complexity index is 625. The summed E-state index contributed by atoms with van der Waals surface area (Å²) in [7, 11) is 0. The van der Waals surface area contributed by atoms with Crippen LogP contribution in [-0.2, 0) is 0 Å². The number of hydrogen-bond acceptors (Lipinski definition) is 4. The molecule has 2 aromatic rings. The highest BCUT2D eigenvalue weighted by molar-refractivity contribution is 5.88. The Labute approximate surface area is 97.8 Å². The molecule has 1 N–H and O–H groups in total. The Kier molecular flexibility index (Phi) is 2.87. The van der Waals surface area contributed by atoms with Crippen LogP contribution < -0.4 is 10.4 Å². The molecule has 4 nitrogen and oxygen atoms in total. The summed E-state index contributed by atoms with van der Waals surface area (Å²) in [5.74, 6) is 0.831. The van der Waals surface area contributed by atoms with Crippen molar-refractivity contribution >= 4 is 10.8 Å². The summed E-state index contributed by atoms with van der Waals surface area (Å²) in [6.45, 7) is 5.55. The van der Waals surface area contributed by atoms with Gasteiger partial charge in [-0.05, 0) is 24.4 Å². The number of aromatic hydroxyl groups is 1. The number of hydrogen-bond donors (Lipinski definition) is 1. The monoisotopic (exact) mass is 232 g/mol. The lowest BCUT2D eigenvalue weighted by molar-refractivity contribution is 0.360. The van der Waals surface area contributed by atoms with Crippen molar-refractivity contribution in [2.24, 2.45) is 0 Å². The first-order valence-corrected chi connectivity index (χ1v) is 5.13. The third-order valence-corrected chi connectivity index (χ3v) is 2.31. The Morgan fingerprint density at radius 1 is 1.47 bits per heavy atom. The molecule has 0 amide bonds. The van der Waals surface area contributed by atoms with Gasteiger partial charge in [-0.15, -0.1) is 0 Å². The third kappa shape index (κ3) is 2.15. The second-order valence-corrected chi connectivity index (χ2v) is 3.65. The van der Waals surface area contributed by atoms with Crippen molar-refractivity contribution in [2.75, 3.05) is 6.61 Å². The molecule has 4 heteroatoms. The minimum absolute atomic E-state index is 0.143. The molecule has 17 heavy (non-hydrogen) atoms. The molecule has 0 saturated carbocycles. The molecule has 0 radical (unpaired) electrons. The molecular weight excluding hydrogens is 220 g/mol. The molecule has 1 heterocycles. The lowest BCUT2D eigenvalue weighted by Gasteiger charge is -2.06. The molecule has 0 bridgehead atoms. The lowest BCUT2D eigenvalue weighted by Crippen LogP contribution is -2.01. The van der Waals surface area contributed by atoms with Crippen LogP contribution in [0.25, 0.3) is 10.8 Å². The first kappa shape index (κ1) is 11.3. The molecule has 88 valence electrons. The predicted octanol–water partition coefficient (Wildman–Crippen LogP) is 2.37. The van der Waals surface area contributed by atoms with E-state index in [4.69, 9.17) is 9.15 Å². The van der Waals surface area contributed by atoms with E-state index in [2.05, 4.69) is 6.58 Å². The van der Waals surface area contributed by atoms with E-state index in [0.717, 1.165) is 0 Å². The number of phenols is 1. The summed E-state index contributed by atoms with van der Waals surface area (Å²) in [6.07, 6.45) is 1.60. The van der Waals surface area contributed by atoms with Gasteiger partial charge in [0.2, 0.25) is 0 Å². The molecule has 0 aliphatic heterocycles. The predicted molar refractivity (Wildman–Crippen MR) is 64.6 cm³/mol. The second kappa shape index (κ2) is 4.33. The van der Waals surface area contributed by atoms with Crippen molar-refractivity contribution in [3.63, 3.8) is 0 Å². The number of rotatable bonds is 3. The topological polar surface area (TPSA) is 59.7 Å². The summed E-state index contributed by atoms with van der Waals surface area (Å²) in [4.78, 5) is 11.6. The highest BCUT2D eigenvalue weighted by Gasteiger charge is 2.09. The van der Waals surface area contributed by atoms with Crippen LogP contribution in [0.15, 0.2) is 40.1 Å². The van der Waals surface area contributed by atoms with Crippen LogP contribution in [0.3, 0.4) is 0 Å². The maximum atomic E-state index is 11.6. The van der Waals surface area contributed by atoms with Gasteiger partial charge in [0.25, 0.3) is 0 Å². The smallest absolute Gasteiger partial charge is 0.347 e. The average Bonchev–Trinajstić information content (AvgIpc) is 2.24. The molecule has 0 fully saturated rings. The fraction of sp³-hybridized carbons (Fsp3) is 0.154. The van der Waals surface area contributed by atoms with Gasteiger partial charge < -0.3 is 14.3 Å². The van der Waals surface area contributed by atoms with Crippen molar-refractivity contribution in [3.05, 3.63) is 47.0 Å². The molecule has 1 aromatic heterocycles. The number of phenolic OH excluding ortho intramolecular Hbond substituents is 1. The largest absolute Gasteiger partial charge is 0.507 e. The first-order valence-electron chi connectivity index (χ1n) is 5.13. The normalized spacial score (nSPS) is 10.4. The van der Waals surface area contributed by atoms with Crippen molar-refractivity contribution in [1.29, 1.82) is 0 Å². The van der Waals surface area contributed by atoms with E-state index in [1.165, 1.54) is 6.07 Å². The van der Waals surface area contributed by atoms with E-state index in [9.17, 15) is 9.90 Å². The van der Waals surface area contributed by atoms with Gasteiger partial charge in [-0.1, -0.05) is 12.7 Å². The summed E-state index contributed by atoms with van der Waals surface area (Å²) in [5, 5.41) is 10.5. The zero-order valence-corrected chi connectivity index (χ0v) is 9.40. The van der Waals surface area contributed by atoms with Crippen LogP contribution >= 0.6 is 0 Å². The third-order valence-electron chi connectivity index (χ3n) is 2.31. The molecule has 1 aromatic carbocycles. The van der Waals surface area contributed by atoms with Gasteiger partial charge in [0.1, 0.15) is 29.3 Å². The van der Waals surface area contributed by atoms with Gasteiger partial charge in [-0.25, -0.2) is 4.79 Å². The van der Waals surface area contributed by atoms with Crippen LogP contribution in [0.1, 0.15) is 5.76 Å². The second-order valence-electron chi connectivity index (χ2n) is 3.65. The van der Waals surface area contributed by atoms with Gasteiger partial charge in [0.15, 0.2) is 0 Å². The van der Waals surface area contributed by atoms with Gasteiger partial charge >= 0.3 is 5.63 Å². The van der Waals surface area contributed by atoms with Gasteiger partial charge in [0.05, 0.1) is 0 Å². The molecule has 0 spiro atoms. The van der Waals surface area contributed by atoms with Crippen LogP contribution in [-0.4, -0.2) is 11.7 Å². The minimum atomic E-state index is -0.548. The zero-order valence-electron chi connectivity index (χ0n) is 9.40. The lowest BCUT2D eigenvalue weighted by atomic mass is 10.1. The summed E-state index contributed by atoms with van der Waals surface area (Å²) in [6, 6.07) is 4.75. The fourth-order valence-electron chi connectivity index (χ4n) is 1.64. The molecule has 2 rings (SSSR count). The van der Waals surface area contributed by atoms with E-state index in [1.807, 2.05) is 0 Å². The standard InChI is InChI=1S/C13H12O4/c1-3-4-16-10-6-9-5-8(2)17-13(15)12(9)11(14)7-10/h3,5-7,14H,1,4H2,2H3. The minimum Gasteiger partial charge on any atom is -0.507 e. The zero-order chi connectivity index (χ0) is 12.4. The van der Waals surface area contributed by atoms with Gasteiger partial charge in [-0.3, -0.25) is 0 Å². The highest BCUT2D eigenvalue weighted by Crippen LogP contribution is 2.28. The van der Waals surface area contributed by atoms with Crippen molar-refractivity contribution in [2.45, 2.75) is 6.92 Å². The number of ether oxygens (including phenoxy) is 1. The van der Waals surface area contributed by atoms with E-state index in [1.54, 1.807) is 25.1 Å². The van der Waals surface area contributed by atoms with E-state index in [0.29, 0.717) is 23.5 Å². The molecule has 0 atom stereocenters. The SMILES string of the molecule is C=CCOc1cc(O)c2c(=O)oc(C)cc2c1. The van der Waals surface area contributed by atoms with Crippen LogP contribution in [0, 0.1) is 6.92 Å². The Hall–Kier alpha value is -2.23. The number of benzene rings is 1. The van der Waals surface area contributed by atoms with E-state index < -0.39 is 5.63 Å². The van der Waals surface area contributed by atoms with Crippen LogP contribution in [0.2, 0.25) is 0 Å². The van der Waals surface area contributed by atoms with Gasteiger partial charge in [0, 0.05) is 6.07 Å². The molecule has 0 aliphatic rings. The summed E-state index contributed by atoms with van der Waals surface area (Å²) < 4.78 is 10.2. The Morgan fingerprint density at radius 3 is 2.94 bits per heavy atom. The van der Waals surface area contributed by atoms with Crippen LogP contribution in [0.5, 0.6) is 11.5 Å². The van der Waals surface area contributed by atoms with Crippen LogP contribution in [0.4, 0.5) is 0 Å². The maximum absolute atomic E-state index is 11.6. The van der Waals surface area contributed by atoms with Crippen molar-refractivity contribution < 1.29 is 14.3 Å². The number of fused-ring (bicyclic) bond motifs is 1. The Balaban J connectivity index is 2.64.